The summed E-state index contributed by atoms with van der Waals surface area (Å²) in [6.07, 6.45) is 2.87. The summed E-state index contributed by atoms with van der Waals surface area (Å²) >= 11 is 1.41. The minimum absolute atomic E-state index is 0.000176. The number of amides is 1. The standard InChI is InChI=1S/C22H24FN3OS/c1-3-5-13-24-19(27)14-28-22-18-8-6-7-15(4-2)20(18)25-21(26-22)16-9-11-17(23)12-10-16/h6-12H,3-5,13-14H2,1-2H3,(H,24,27). The van der Waals surface area contributed by atoms with E-state index in [2.05, 4.69) is 25.2 Å². The highest BCUT2D eigenvalue weighted by molar-refractivity contribution is 8.00. The van der Waals surface area contributed by atoms with Crippen molar-refractivity contribution in [1.29, 1.82) is 0 Å². The van der Waals surface area contributed by atoms with Crippen molar-refractivity contribution < 1.29 is 9.18 Å². The third-order valence-electron chi connectivity index (χ3n) is 4.45. The molecule has 2 aromatic carbocycles. The molecule has 4 nitrogen and oxygen atoms in total. The Kier molecular flexibility index (Phi) is 6.98. The fourth-order valence-electron chi connectivity index (χ4n) is 2.90. The van der Waals surface area contributed by atoms with Crippen LogP contribution in [0, 0.1) is 5.82 Å². The molecule has 28 heavy (non-hydrogen) atoms. The lowest BCUT2D eigenvalue weighted by atomic mass is 10.1. The molecule has 6 heteroatoms. The summed E-state index contributed by atoms with van der Waals surface area (Å²) < 4.78 is 13.3. The Bertz CT molecular complexity index is 960. The van der Waals surface area contributed by atoms with E-state index in [9.17, 15) is 9.18 Å². The van der Waals surface area contributed by atoms with Crippen LogP contribution in [0.1, 0.15) is 32.3 Å². The number of hydrogen-bond donors (Lipinski definition) is 1. The maximum Gasteiger partial charge on any atom is 0.230 e. The first kappa shape index (κ1) is 20.3. The monoisotopic (exact) mass is 397 g/mol. The summed E-state index contributed by atoms with van der Waals surface area (Å²) in [4.78, 5) is 21.6. The molecule has 146 valence electrons. The molecule has 1 N–H and O–H groups in total. The smallest absolute Gasteiger partial charge is 0.230 e. The number of nitrogens with one attached hydrogen (secondary N) is 1. The topological polar surface area (TPSA) is 54.9 Å². The van der Waals surface area contributed by atoms with Gasteiger partial charge in [0.2, 0.25) is 5.91 Å². The maximum absolute atomic E-state index is 13.3. The number of carbonyl (C=O) groups excluding carboxylic acids is 1. The van der Waals surface area contributed by atoms with Crippen molar-refractivity contribution in [2.75, 3.05) is 12.3 Å². The fourth-order valence-corrected chi connectivity index (χ4v) is 3.74. The lowest BCUT2D eigenvalue weighted by Crippen LogP contribution is -2.26. The molecule has 0 saturated carbocycles. The van der Waals surface area contributed by atoms with Crippen molar-refractivity contribution in [1.82, 2.24) is 15.3 Å². The van der Waals surface area contributed by atoms with Crippen LogP contribution in [0.15, 0.2) is 47.5 Å². The summed E-state index contributed by atoms with van der Waals surface area (Å²) in [7, 11) is 0. The Morgan fingerprint density at radius 1 is 1.11 bits per heavy atom. The van der Waals surface area contributed by atoms with Gasteiger partial charge in [-0.05, 0) is 42.7 Å². The summed E-state index contributed by atoms with van der Waals surface area (Å²) in [5.41, 5.74) is 2.76. The lowest BCUT2D eigenvalue weighted by Gasteiger charge is -2.11. The van der Waals surface area contributed by atoms with Gasteiger partial charge in [-0.2, -0.15) is 0 Å². The number of rotatable bonds is 8. The number of carbonyl (C=O) groups is 1. The molecule has 0 atom stereocenters. The van der Waals surface area contributed by atoms with E-state index in [0.717, 1.165) is 46.3 Å². The van der Waals surface area contributed by atoms with E-state index < -0.39 is 0 Å². The van der Waals surface area contributed by atoms with Gasteiger partial charge in [-0.15, -0.1) is 0 Å². The van der Waals surface area contributed by atoms with E-state index >= 15 is 0 Å². The van der Waals surface area contributed by atoms with Crippen molar-refractivity contribution in [3.63, 3.8) is 0 Å². The van der Waals surface area contributed by atoms with E-state index in [0.29, 0.717) is 18.1 Å². The van der Waals surface area contributed by atoms with Crippen LogP contribution in [0.25, 0.3) is 22.3 Å². The normalized spacial score (nSPS) is 11.0. The number of unbranched alkanes of at least 4 members (excludes halogenated alkanes) is 1. The van der Waals surface area contributed by atoms with Crippen LogP contribution >= 0.6 is 11.8 Å². The molecule has 3 rings (SSSR count). The zero-order valence-electron chi connectivity index (χ0n) is 16.2. The van der Waals surface area contributed by atoms with Gasteiger partial charge in [-0.3, -0.25) is 4.79 Å². The second-order valence-electron chi connectivity index (χ2n) is 6.52. The molecule has 0 spiro atoms. The first-order valence-electron chi connectivity index (χ1n) is 9.57. The van der Waals surface area contributed by atoms with Gasteiger partial charge < -0.3 is 5.32 Å². The zero-order chi connectivity index (χ0) is 19.9. The second kappa shape index (κ2) is 9.64. The molecular weight excluding hydrogens is 373 g/mol. The number of aromatic nitrogens is 2. The zero-order valence-corrected chi connectivity index (χ0v) is 17.0. The van der Waals surface area contributed by atoms with Gasteiger partial charge in [0.15, 0.2) is 5.82 Å². The molecule has 1 aromatic heterocycles. The summed E-state index contributed by atoms with van der Waals surface area (Å²) in [5, 5.41) is 4.64. The maximum atomic E-state index is 13.3. The summed E-state index contributed by atoms with van der Waals surface area (Å²) in [5.74, 6) is 0.550. The van der Waals surface area contributed by atoms with Crippen LogP contribution in [-0.4, -0.2) is 28.2 Å². The fraction of sp³-hybridized carbons (Fsp3) is 0.318. The predicted molar refractivity (Wildman–Crippen MR) is 113 cm³/mol. The minimum atomic E-state index is -0.294. The number of nitrogens with zero attached hydrogens (tertiary/aromatic N) is 2. The Morgan fingerprint density at radius 3 is 2.61 bits per heavy atom. The van der Waals surface area contributed by atoms with Crippen molar-refractivity contribution in [3.05, 3.63) is 53.8 Å². The van der Waals surface area contributed by atoms with Gasteiger partial charge in [-0.25, -0.2) is 14.4 Å². The molecule has 0 aliphatic heterocycles. The largest absolute Gasteiger partial charge is 0.355 e. The highest BCUT2D eigenvalue weighted by Gasteiger charge is 2.14. The number of para-hydroxylation sites is 1. The second-order valence-corrected chi connectivity index (χ2v) is 7.48. The molecule has 0 bridgehead atoms. The number of aryl methyl sites for hydroxylation is 1. The predicted octanol–water partition coefficient (Wildman–Crippen LogP) is 5.01. The molecule has 0 fully saturated rings. The third-order valence-corrected chi connectivity index (χ3v) is 5.44. The minimum Gasteiger partial charge on any atom is -0.355 e. The van der Waals surface area contributed by atoms with E-state index in [4.69, 9.17) is 9.97 Å². The molecule has 3 aromatic rings. The number of halogens is 1. The van der Waals surface area contributed by atoms with Crippen LogP contribution in [0.3, 0.4) is 0 Å². The van der Waals surface area contributed by atoms with Crippen LogP contribution in [-0.2, 0) is 11.2 Å². The van der Waals surface area contributed by atoms with Gasteiger partial charge >= 0.3 is 0 Å². The highest BCUT2D eigenvalue weighted by atomic mass is 32.2. The van der Waals surface area contributed by atoms with Crippen molar-refractivity contribution >= 4 is 28.6 Å². The Hall–Kier alpha value is -2.47. The van der Waals surface area contributed by atoms with Crippen molar-refractivity contribution in [3.8, 4) is 11.4 Å². The Labute approximate surface area is 169 Å². The van der Waals surface area contributed by atoms with Crippen LogP contribution in [0.2, 0.25) is 0 Å². The first-order valence-corrected chi connectivity index (χ1v) is 10.6. The van der Waals surface area contributed by atoms with E-state index in [1.807, 2.05) is 12.1 Å². The molecule has 1 heterocycles. The summed E-state index contributed by atoms with van der Waals surface area (Å²) in [6, 6.07) is 12.2. The molecule has 0 aliphatic rings. The SMILES string of the molecule is CCCCNC(=O)CSc1nc(-c2ccc(F)cc2)nc2c(CC)cccc12. The lowest BCUT2D eigenvalue weighted by molar-refractivity contribution is -0.118. The van der Waals surface area contributed by atoms with Crippen LogP contribution in [0.5, 0.6) is 0 Å². The van der Waals surface area contributed by atoms with Gasteiger partial charge in [-0.1, -0.05) is 50.2 Å². The molecular formula is C22H24FN3OS. The number of thioether (sulfide) groups is 1. The Balaban J connectivity index is 1.95. The van der Waals surface area contributed by atoms with Crippen LogP contribution < -0.4 is 5.32 Å². The Morgan fingerprint density at radius 2 is 1.89 bits per heavy atom. The number of fused-ring (bicyclic) bond motifs is 1. The van der Waals surface area contributed by atoms with E-state index in [1.54, 1.807) is 12.1 Å². The summed E-state index contributed by atoms with van der Waals surface area (Å²) in [6.45, 7) is 4.87. The molecule has 1 amide bonds. The first-order chi connectivity index (χ1) is 13.6. The quantitative estimate of drug-likeness (QED) is 0.330. The van der Waals surface area contributed by atoms with Gasteiger partial charge in [0.1, 0.15) is 10.8 Å². The third kappa shape index (κ3) is 4.87. The molecule has 0 saturated heterocycles. The van der Waals surface area contributed by atoms with Crippen LogP contribution in [0.4, 0.5) is 4.39 Å². The number of benzene rings is 2. The van der Waals surface area contributed by atoms with Gasteiger partial charge in [0.05, 0.1) is 11.3 Å². The molecule has 0 aliphatic carbocycles. The van der Waals surface area contributed by atoms with Gasteiger partial charge in [0.25, 0.3) is 0 Å². The highest BCUT2D eigenvalue weighted by Crippen LogP contribution is 2.30. The number of hydrogen-bond acceptors (Lipinski definition) is 4. The van der Waals surface area contributed by atoms with Gasteiger partial charge in [0, 0.05) is 17.5 Å². The average Bonchev–Trinajstić information content (AvgIpc) is 2.72. The molecule has 0 unspecified atom stereocenters. The van der Waals surface area contributed by atoms with E-state index in [1.165, 1.54) is 23.9 Å². The average molecular weight is 398 g/mol. The molecule has 0 radical (unpaired) electrons. The van der Waals surface area contributed by atoms with E-state index in [-0.39, 0.29) is 11.7 Å². The van der Waals surface area contributed by atoms with Crippen molar-refractivity contribution in [2.24, 2.45) is 0 Å². The van der Waals surface area contributed by atoms with Crippen molar-refractivity contribution in [2.45, 2.75) is 38.1 Å².